The third-order valence-electron chi connectivity index (χ3n) is 18.2. The van der Waals surface area contributed by atoms with Gasteiger partial charge in [0.2, 0.25) is 5.82 Å². The van der Waals surface area contributed by atoms with Crippen LogP contribution in [0.15, 0.2) is 103 Å². The fraction of sp³-hybridized carbons (Fsp3) is 0.407. The van der Waals surface area contributed by atoms with Crippen LogP contribution in [0.2, 0.25) is 0 Å². The topological polar surface area (TPSA) is 27.7 Å². The third-order valence-corrected chi connectivity index (χ3v) is 18.2. The summed E-state index contributed by atoms with van der Waals surface area (Å²) in [6.45, 7) is 58.9. The molecule has 0 heterocycles. The van der Waals surface area contributed by atoms with Crippen molar-refractivity contribution in [2.24, 2.45) is 0 Å². The highest BCUT2D eigenvalue weighted by atomic mass is 19.2. The molecular formula is C91H107F9O3. The van der Waals surface area contributed by atoms with E-state index in [0.29, 0.717) is 35.5 Å². The molecule has 12 heteroatoms. The molecule has 0 saturated carbocycles. The van der Waals surface area contributed by atoms with E-state index in [9.17, 15) is 39.5 Å². The zero-order valence-electron chi connectivity index (χ0n) is 65.9. The molecule has 0 amide bonds. The Kier molecular flexibility index (Phi) is 25.5. The predicted octanol–water partition coefficient (Wildman–Crippen LogP) is 28.7. The number of hydrogen-bond donors (Lipinski definition) is 0. The largest absolute Gasteiger partial charge is 0.487 e. The maximum absolute atomic E-state index is 14.7. The lowest BCUT2D eigenvalue weighted by atomic mass is 9.78. The van der Waals surface area contributed by atoms with Gasteiger partial charge in [0.25, 0.3) is 0 Å². The van der Waals surface area contributed by atoms with Gasteiger partial charge in [-0.2, -0.15) is 0 Å². The summed E-state index contributed by atoms with van der Waals surface area (Å²) < 4.78 is 147. The summed E-state index contributed by atoms with van der Waals surface area (Å²) in [6.07, 6.45) is 0. The first-order chi connectivity index (χ1) is 47.6. The van der Waals surface area contributed by atoms with Gasteiger partial charge in [-0.1, -0.05) is 197 Å². The second-order valence-corrected chi connectivity index (χ2v) is 32.5. The Morgan fingerprint density at radius 1 is 0.252 bits per heavy atom. The Morgan fingerprint density at radius 2 is 0.456 bits per heavy atom. The van der Waals surface area contributed by atoms with E-state index in [0.717, 1.165) is 36.6 Å². The summed E-state index contributed by atoms with van der Waals surface area (Å²) in [7, 11) is 0. The van der Waals surface area contributed by atoms with Crippen LogP contribution in [0.3, 0.4) is 0 Å². The molecule has 0 fully saturated rings. The number of aryl methyl sites for hydroxylation is 6. The van der Waals surface area contributed by atoms with Crippen LogP contribution < -0.4 is 14.2 Å². The van der Waals surface area contributed by atoms with Crippen molar-refractivity contribution in [2.45, 2.75) is 246 Å². The molecule has 0 unspecified atom stereocenters. The lowest BCUT2D eigenvalue weighted by Gasteiger charge is -2.31. The third kappa shape index (κ3) is 18.1. The number of para-hydroxylation sites is 3. The Hall–Kier alpha value is -8.25. The van der Waals surface area contributed by atoms with E-state index in [1.54, 1.807) is 0 Å². The average Bonchev–Trinajstić information content (AvgIpc) is 0.768. The van der Waals surface area contributed by atoms with Crippen molar-refractivity contribution in [1.82, 2.24) is 0 Å². The first kappa shape index (κ1) is 82.0. The molecule has 3 nitrogen and oxygen atoms in total. The van der Waals surface area contributed by atoms with E-state index in [1.807, 2.05) is 0 Å². The van der Waals surface area contributed by atoms with E-state index in [1.165, 1.54) is 132 Å². The van der Waals surface area contributed by atoms with Crippen LogP contribution in [0.1, 0.15) is 253 Å². The van der Waals surface area contributed by atoms with Crippen LogP contribution >= 0.6 is 0 Å². The first-order valence-corrected chi connectivity index (χ1v) is 35.9. The van der Waals surface area contributed by atoms with Gasteiger partial charge in [0.15, 0.2) is 46.5 Å². The van der Waals surface area contributed by atoms with Gasteiger partial charge >= 0.3 is 0 Å². The van der Waals surface area contributed by atoms with Crippen molar-refractivity contribution in [3.8, 4) is 84.0 Å². The molecule has 0 saturated heterocycles. The van der Waals surface area contributed by atoms with Gasteiger partial charge in [0.1, 0.15) is 34.1 Å². The van der Waals surface area contributed by atoms with Crippen molar-refractivity contribution in [3.05, 3.63) is 228 Å². The van der Waals surface area contributed by atoms with E-state index < -0.39 is 91.5 Å². The Bertz CT molecular complexity index is 4200. The fourth-order valence-electron chi connectivity index (χ4n) is 13.6. The molecule has 0 radical (unpaired) electrons. The Labute approximate surface area is 608 Å². The molecule has 0 atom stereocenters. The van der Waals surface area contributed by atoms with E-state index in [4.69, 9.17) is 14.2 Å². The van der Waals surface area contributed by atoms with Gasteiger partial charge in [0.05, 0.1) is 11.1 Å². The Morgan fingerprint density at radius 3 is 0.670 bits per heavy atom. The monoisotopic (exact) mass is 1420 g/mol. The van der Waals surface area contributed by atoms with Crippen molar-refractivity contribution < 1.29 is 53.7 Å². The van der Waals surface area contributed by atoms with Gasteiger partial charge in [-0.25, -0.2) is 39.5 Å². The average molecular weight is 1420 g/mol. The van der Waals surface area contributed by atoms with Crippen molar-refractivity contribution >= 4 is 0 Å². The smallest absolute Gasteiger partial charge is 0.200 e. The van der Waals surface area contributed by atoms with E-state index in [-0.39, 0.29) is 11.2 Å². The standard InChI is InChI=1S/C40H58O.C28H34O.C23H15F9O/c1-23(2)29-19-33(25(5)6)37(34(20-29)26(7)8)31-17-16-18-32(39(31)41-40(13,14)15)38-35(27(9)10)21-30(24(3)4)22-36(38)28(11)12;1-17-13-19(3)25(20(4)14-17)23-11-10-12-24(27(23)29-28(7,8)9)26-21(5)15-18(2)16-22(26)6;1-8-13(24)15(26)11(16(27)14(8)25)9-6-5-7-10(22(9)33-23(2,3)4)12-17(28)19(30)21(32)20(31)18(12)29/h16-28H,1-15H3;10-16H,1-9H3;5-7H,1-4H3. The van der Waals surface area contributed by atoms with Crippen LogP contribution in [-0.2, 0) is 0 Å². The molecule has 0 aliphatic carbocycles. The van der Waals surface area contributed by atoms with Crippen molar-refractivity contribution in [3.63, 3.8) is 0 Å². The minimum atomic E-state index is -2.41. The normalized spacial score (nSPS) is 12.1. The lowest BCUT2D eigenvalue weighted by molar-refractivity contribution is 0.132. The van der Waals surface area contributed by atoms with Crippen molar-refractivity contribution in [2.75, 3.05) is 0 Å². The summed E-state index contributed by atoms with van der Waals surface area (Å²) in [5, 5.41) is 0. The predicted molar refractivity (Wildman–Crippen MR) is 410 cm³/mol. The van der Waals surface area contributed by atoms with E-state index in [2.05, 4.69) is 251 Å². The van der Waals surface area contributed by atoms with Crippen LogP contribution in [0.4, 0.5) is 39.5 Å². The van der Waals surface area contributed by atoms with Gasteiger partial charge in [-0.3, -0.25) is 0 Å². The molecule has 9 aromatic rings. The SMILES string of the molecule is CC(C)c1cc(C(C)C)c(-c2cccc(-c3c(C(C)C)cc(C(C)C)cc3C(C)C)c2OC(C)(C)C)c(C(C)C)c1.Cc1c(F)c(F)c(-c2cccc(-c3c(F)c(F)c(F)c(F)c3F)c2OC(C)(C)C)c(F)c1F.Cc1cc(C)c(-c2cccc(-c3c(C)cc(C)cc3C)c2OC(C)(C)C)c(C)c1. The van der Waals surface area contributed by atoms with Gasteiger partial charge in [-0.05, 0) is 224 Å². The number of ether oxygens (including phenoxy) is 3. The van der Waals surface area contributed by atoms with Crippen molar-refractivity contribution in [1.29, 1.82) is 0 Å². The molecule has 0 aliphatic rings. The molecule has 552 valence electrons. The quantitative estimate of drug-likeness (QED) is 0.0582. The van der Waals surface area contributed by atoms with Gasteiger partial charge in [-0.15, -0.1) is 0 Å². The first-order valence-electron chi connectivity index (χ1n) is 35.9. The lowest BCUT2D eigenvalue weighted by Crippen LogP contribution is -2.24. The van der Waals surface area contributed by atoms with Gasteiger partial charge < -0.3 is 14.2 Å². The molecule has 0 aromatic heterocycles. The second kappa shape index (κ2) is 32.0. The highest BCUT2D eigenvalue weighted by Crippen LogP contribution is 2.52. The molecular weight excluding hydrogens is 1310 g/mol. The van der Waals surface area contributed by atoms with Crippen LogP contribution in [0.25, 0.3) is 66.8 Å². The maximum Gasteiger partial charge on any atom is 0.200 e. The molecule has 9 rings (SSSR count). The molecule has 0 N–H and O–H groups in total. The Balaban J connectivity index is 0.000000220. The summed E-state index contributed by atoms with van der Waals surface area (Å²) in [5.74, 6) is -14.7. The molecule has 0 bridgehead atoms. The van der Waals surface area contributed by atoms with Crippen LogP contribution in [0.5, 0.6) is 17.2 Å². The zero-order chi connectivity index (χ0) is 77.5. The fourth-order valence-corrected chi connectivity index (χ4v) is 13.6. The second-order valence-electron chi connectivity index (χ2n) is 32.5. The molecule has 9 aromatic carbocycles. The highest BCUT2D eigenvalue weighted by molar-refractivity contribution is 5.90. The van der Waals surface area contributed by atoms with Crippen LogP contribution in [-0.4, -0.2) is 16.8 Å². The summed E-state index contributed by atoms with van der Waals surface area (Å²) >= 11 is 0. The van der Waals surface area contributed by atoms with Crippen LogP contribution in [0, 0.1) is 101 Å². The minimum absolute atomic E-state index is 0.288. The maximum atomic E-state index is 14.7. The van der Waals surface area contributed by atoms with Gasteiger partial charge in [0, 0.05) is 38.9 Å². The summed E-state index contributed by atoms with van der Waals surface area (Å²) in [6, 6.07) is 35.1. The number of hydrogen-bond acceptors (Lipinski definition) is 3. The number of benzene rings is 9. The summed E-state index contributed by atoms with van der Waals surface area (Å²) in [5.41, 5.74) is 19.3. The van der Waals surface area contributed by atoms with E-state index >= 15 is 0 Å². The molecule has 103 heavy (non-hydrogen) atoms. The summed E-state index contributed by atoms with van der Waals surface area (Å²) in [4.78, 5) is 0. The highest BCUT2D eigenvalue weighted by Gasteiger charge is 2.35. The molecule has 0 aliphatic heterocycles. The minimum Gasteiger partial charge on any atom is -0.487 e. The zero-order valence-corrected chi connectivity index (χ0v) is 65.9. The number of halogens is 9. The number of rotatable bonds is 15. The molecule has 0 spiro atoms.